The predicted molar refractivity (Wildman–Crippen MR) is 72.6 cm³/mol. The van der Waals surface area contributed by atoms with E-state index < -0.39 is 25.1 Å². The van der Waals surface area contributed by atoms with Gasteiger partial charge in [-0.1, -0.05) is 0 Å². The smallest absolute Gasteiger partial charge is 0.217 e. The van der Waals surface area contributed by atoms with Crippen molar-refractivity contribution in [3.63, 3.8) is 0 Å². The van der Waals surface area contributed by atoms with Crippen LogP contribution >= 0.6 is 11.6 Å². The van der Waals surface area contributed by atoms with Crippen LogP contribution in [0.25, 0.3) is 0 Å². The van der Waals surface area contributed by atoms with Crippen LogP contribution in [0.5, 0.6) is 0 Å². The van der Waals surface area contributed by atoms with Crippen molar-refractivity contribution in [3.05, 3.63) is 0 Å². The Morgan fingerprint density at radius 2 is 1.89 bits per heavy atom. The number of morpholine rings is 1. The van der Waals surface area contributed by atoms with Crippen molar-refractivity contribution in [2.24, 2.45) is 0 Å². The molecule has 0 aromatic rings. The number of sulfone groups is 1. The quantitative estimate of drug-likeness (QED) is 0.671. The molecule has 0 spiro atoms. The summed E-state index contributed by atoms with van der Waals surface area (Å²) in [5.41, 5.74) is 0. The molecular weight excluding hydrogens is 314 g/mol. The van der Waals surface area contributed by atoms with Gasteiger partial charge in [0.05, 0.1) is 29.5 Å². The Labute approximate surface area is 119 Å². The average Bonchev–Trinajstić information content (AvgIpc) is 2.38. The summed E-state index contributed by atoms with van der Waals surface area (Å²) >= 11 is 5.69. The second-order valence-electron chi connectivity index (χ2n) is 4.90. The third-order valence-electron chi connectivity index (χ3n) is 3.56. The molecule has 1 unspecified atom stereocenters. The lowest BCUT2D eigenvalue weighted by Crippen LogP contribution is -2.50. The summed E-state index contributed by atoms with van der Waals surface area (Å²) in [6.45, 7) is 0.912. The van der Waals surface area contributed by atoms with E-state index in [1.54, 1.807) is 0 Å². The maximum absolute atomic E-state index is 12.4. The van der Waals surface area contributed by atoms with Gasteiger partial charge in [0.15, 0.2) is 0 Å². The molecule has 0 amide bonds. The minimum atomic E-state index is -3.45. The van der Waals surface area contributed by atoms with Gasteiger partial charge in [-0.05, 0) is 12.8 Å². The maximum atomic E-state index is 12.4. The van der Waals surface area contributed by atoms with Crippen molar-refractivity contribution in [1.82, 2.24) is 4.31 Å². The summed E-state index contributed by atoms with van der Waals surface area (Å²) in [6, 6.07) is 0. The maximum Gasteiger partial charge on any atom is 0.217 e. The monoisotopic (exact) mass is 331 g/mol. The van der Waals surface area contributed by atoms with Gasteiger partial charge in [0.2, 0.25) is 10.0 Å². The van der Waals surface area contributed by atoms with Crippen LogP contribution in [0.2, 0.25) is 0 Å². The Bertz CT molecular complexity index is 504. The summed E-state index contributed by atoms with van der Waals surface area (Å²) in [5.74, 6) is 0.172. The first-order chi connectivity index (χ1) is 8.85. The van der Waals surface area contributed by atoms with E-state index in [2.05, 4.69) is 0 Å². The first kappa shape index (κ1) is 15.5. The Morgan fingerprint density at radius 1 is 1.26 bits per heavy atom. The molecule has 2 aliphatic rings. The van der Waals surface area contributed by atoms with Gasteiger partial charge < -0.3 is 4.74 Å². The zero-order valence-electron chi connectivity index (χ0n) is 10.5. The van der Waals surface area contributed by atoms with Gasteiger partial charge in [0.1, 0.15) is 9.84 Å². The number of rotatable bonds is 3. The highest BCUT2D eigenvalue weighted by atomic mass is 35.5. The number of nitrogens with zero attached hydrogens (tertiary/aromatic N) is 1. The predicted octanol–water partition coefficient (Wildman–Crippen LogP) is -0.167. The van der Waals surface area contributed by atoms with Gasteiger partial charge in [-0.3, -0.25) is 0 Å². The average molecular weight is 332 g/mol. The number of alkyl halides is 1. The molecule has 2 fully saturated rings. The molecule has 1 atom stereocenters. The zero-order valence-corrected chi connectivity index (χ0v) is 12.9. The third-order valence-corrected chi connectivity index (χ3v) is 7.98. The zero-order chi connectivity index (χ0) is 14.1. The lowest BCUT2D eigenvalue weighted by molar-refractivity contribution is 0.0119. The fourth-order valence-electron chi connectivity index (χ4n) is 2.39. The van der Waals surface area contributed by atoms with Crippen LogP contribution in [0.4, 0.5) is 0 Å². The highest BCUT2D eigenvalue weighted by Crippen LogP contribution is 2.24. The molecule has 0 radical (unpaired) electrons. The molecule has 0 aromatic carbocycles. The van der Waals surface area contributed by atoms with E-state index >= 15 is 0 Å². The number of halogens is 1. The van der Waals surface area contributed by atoms with Crippen molar-refractivity contribution in [1.29, 1.82) is 0 Å². The van der Waals surface area contributed by atoms with Crippen molar-refractivity contribution in [2.75, 3.05) is 37.1 Å². The molecule has 0 bridgehead atoms. The second kappa shape index (κ2) is 5.85. The van der Waals surface area contributed by atoms with E-state index in [1.807, 2.05) is 0 Å². The molecule has 6 nitrogen and oxygen atoms in total. The van der Waals surface area contributed by atoms with Gasteiger partial charge in [0.25, 0.3) is 0 Å². The SMILES string of the molecule is O=S1(=O)CCC(S(=O)(=O)N2CCOC(CCl)C2)CC1. The molecule has 0 aromatic heterocycles. The van der Waals surface area contributed by atoms with Crippen LogP contribution in [0.15, 0.2) is 0 Å². The van der Waals surface area contributed by atoms with Crippen LogP contribution in [-0.4, -0.2) is 69.6 Å². The summed E-state index contributed by atoms with van der Waals surface area (Å²) in [5, 5.41) is -0.592. The van der Waals surface area contributed by atoms with Crippen molar-refractivity contribution >= 4 is 31.5 Å². The number of sulfonamides is 1. The van der Waals surface area contributed by atoms with E-state index in [1.165, 1.54) is 4.31 Å². The summed E-state index contributed by atoms with van der Waals surface area (Å²) in [7, 11) is -6.50. The van der Waals surface area contributed by atoms with Gasteiger partial charge in [-0.2, -0.15) is 4.31 Å². The van der Waals surface area contributed by atoms with Gasteiger partial charge in [-0.15, -0.1) is 11.6 Å². The van der Waals surface area contributed by atoms with Gasteiger partial charge in [-0.25, -0.2) is 16.8 Å². The van der Waals surface area contributed by atoms with Crippen LogP contribution in [-0.2, 0) is 24.6 Å². The molecule has 2 saturated heterocycles. The molecule has 19 heavy (non-hydrogen) atoms. The summed E-state index contributed by atoms with van der Waals surface area (Å²) in [4.78, 5) is 0. The standard InChI is InChI=1S/C10H18ClNO5S2/c11-7-9-8-12(3-4-17-9)19(15,16)10-1-5-18(13,14)6-2-10/h9-10H,1-8H2. The Kier molecular flexibility index (Phi) is 4.77. The molecule has 9 heteroatoms. The molecule has 2 heterocycles. The first-order valence-corrected chi connectivity index (χ1v) is 10.1. The normalized spacial score (nSPS) is 30.3. The van der Waals surface area contributed by atoms with Crippen molar-refractivity contribution < 1.29 is 21.6 Å². The molecule has 0 aliphatic carbocycles. The van der Waals surface area contributed by atoms with E-state index in [9.17, 15) is 16.8 Å². The topological polar surface area (TPSA) is 80.8 Å². The van der Waals surface area contributed by atoms with E-state index in [0.29, 0.717) is 13.2 Å². The summed E-state index contributed by atoms with van der Waals surface area (Å²) in [6.07, 6.45) is 0.0960. The molecule has 2 rings (SSSR count). The fourth-order valence-corrected chi connectivity index (χ4v) is 6.33. The minimum absolute atomic E-state index is 0.0415. The van der Waals surface area contributed by atoms with Gasteiger partial charge in [0, 0.05) is 19.0 Å². The van der Waals surface area contributed by atoms with E-state index in [0.717, 1.165) is 0 Å². The number of hydrogen-bond donors (Lipinski definition) is 0. The first-order valence-electron chi connectivity index (χ1n) is 6.22. The highest BCUT2D eigenvalue weighted by Gasteiger charge is 2.38. The van der Waals surface area contributed by atoms with Crippen LogP contribution in [0, 0.1) is 0 Å². The molecule has 0 N–H and O–H groups in total. The Balaban J connectivity index is 2.06. The minimum Gasteiger partial charge on any atom is -0.374 e. The molecule has 2 aliphatic heterocycles. The number of ether oxygens (including phenoxy) is 1. The summed E-state index contributed by atoms with van der Waals surface area (Å²) < 4.78 is 54.3. The van der Waals surface area contributed by atoms with Crippen LogP contribution in [0.3, 0.4) is 0 Å². The van der Waals surface area contributed by atoms with Crippen LogP contribution in [0.1, 0.15) is 12.8 Å². The van der Waals surface area contributed by atoms with Crippen molar-refractivity contribution in [3.8, 4) is 0 Å². The third kappa shape index (κ3) is 3.60. The molecule has 112 valence electrons. The van der Waals surface area contributed by atoms with Crippen molar-refractivity contribution in [2.45, 2.75) is 24.2 Å². The lowest BCUT2D eigenvalue weighted by Gasteiger charge is -2.34. The molecule has 0 saturated carbocycles. The fraction of sp³-hybridized carbons (Fsp3) is 1.00. The molecular formula is C10H18ClNO5S2. The largest absolute Gasteiger partial charge is 0.374 e. The highest BCUT2D eigenvalue weighted by molar-refractivity contribution is 7.92. The lowest BCUT2D eigenvalue weighted by atomic mass is 10.2. The Hall–Kier alpha value is 0.110. The van der Waals surface area contributed by atoms with E-state index in [4.69, 9.17) is 16.3 Å². The van der Waals surface area contributed by atoms with E-state index in [-0.39, 0.29) is 42.9 Å². The Morgan fingerprint density at radius 3 is 2.47 bits per heavy atom. The van der Waals surface area contributed by atoms with Crippen LogP contribution < -0.4 is 0 Å². The number of hydrogen-bond acceptors (Lipinski definition) is 5. The van der Waals surface area contributed by atoms with Gasteiger partial charge >= 0.3 is 0 Å². The second-order valence-corrected chi connectivity index (χ2v) is 9.73.